The number of nitrogens with zero attached hydrogens (tertiary/aromatic N) is 1. The Bertz CT molecular complexity index is 352. The summed E-state index contributed by atoms with van der Waals surface area (Å²) >= 11 is 5.99. The third-order valence-electron chi connectivity index (χ3n) is 3.78. The summed E-state index contributed by atoms with van der Waals surface area (Å²) in [6, 6.07) is 9.01. The van der Waals surface area contributed by atoms with Crippen LogP contribution in [0.15, 0.2) is 24.3 Å². The maximum absolute atomic E-state index is 5.99. The van der Waals surface area contributed by atoms with Crippen LogP contribution in [0.3, 0.4) is 0 Å². The minimum atomic E-state index is 0.572. The predicted octanol–water partition coefficient (Wildman–Crippen LogP) is 4.91. The number of hydrogen-bond donors (Lipinski definition) is 0. The molecule has 0 radical (unpaired) electrons. The average molecular weight is 266 g/mol. The zero-order valence-corrected chi connectivity index (χ0v) is 12.3. The molecule has 0 saturated carbocycles. The first-order valence-electron chi connectivity index (χ1n) is 7.16. The van der Waals surface area contributed by atoms with Crippen LogP contribution >= 0.6 is 11.6 Å². The van der Waals surface area contributed by atoms with Crippen LogP contribution in [-0.2, 0) is 0 Å². The van der Waals surface area contributed by atoms with Crippen LogP contribution in [0.2, 0.25) is 5.02 Å². The lowest BCUT2D eigenvalue weighted by atomic mass is 9.94. The molecular weight excluding hydrogens is 242 g/mol. The molecule has 0 N–H and O–H groups in total. The zero-order valence-electron chi connectivity index (χ0n) is 11.5. The topological polar surface area (TPSA) is 3.24 Å². The van der Waals surface area contributed by atoms with Gasteiger partial charge in [0.2, 0.25) is 0 Å². The molecule has 1 nitrogen and oxygen atoms in total. The second-order valence-electron chi connectivity index (χ2n) is 5.79. The SMILES string of the molecule is CC(C)C[C@@H](c1ccc(Cl)cc1)N1CCCCC1. The lowest BCUT2D eigenvalue weighted by Gasteiger charge is -2.36. The van der Waals surface area contributed by atoms with Crippen molar-refractivity contribution in [3.05, 3.63) is 34.9 Å². The molecule has 1 aliphatic rings. The fourth-order valence-electron chi connectivity index (χ4n) is 2.86. The number of likely N-dealkylation sites (tertiary alicyclic amines) is 1. The highest BCUT2D eigenvalue weighted by atomic mass is 35.5. The van der Waals surface area contributed by atoms with Crippen molar-refractivity contribution >= 4 is 11.6 Å². The van der Waals surface area contributed by atoms with Gasteiger partial charge >= 0.3 is 0 Å². The van der Waals surface area contributed by atoms with Gasteiger partial charge in [0, 0.05) is 11.1 Å². The normalized spacial score (nSPS) is 19.1. The highest BCUT2D eigenvalue weighted by molar-refractivity contribution is 6.30. The van der Waals surface area contributed by atoms with Crippen molar-refractivity contribution in [3.63, 3.8) is 0 Å². The van der Waals surface area contributed by atoms with Crippen molar-refractivity contribution < 1.29 is 0 Å². The van der Waals surface area contributed by atoms with Gasteiger partial charge in [0.1, 0.15) is 0 Å². The van der Waals surface area contributed by atoms with Gasteiger partial charge in [0.15, 0.2) is 0 Å². The van der Waals surface area contributed by atoms with E-state index in [9.17, 15) is 0 Å². The summed E-state index contributed by atoms with van der Waals surface area (Å²) in [6.07, 6.45) is 5.33. The molecule has 1 heterocycles. The van der Waals surface area contributed by atoms with E-state index in [1.54, 1.807) is 0 Å². The van der Waals surface area contributed by atoms with Crippen molar-refractivity contribution in [2.24, 2.45) is 5.92 Å². The average Bonchev–Trinajstić information content (AvgIpc) is 2.38. The van der Waals surface area contributed by atoms with E-state index in [1.807, 2.05) is 12.1 Å². The molecule has 0 unspecified atom stereocenters. The molecule has 100 valence electrons. The Balaban J connectivity index is 2.15. The van der Waals surface area contributed by atoms with E-state index < -0.39 is 0 Å². The Morgan fingerprint density at radius 1 is 1.06 bits per heavy atom. The van der Waals surface area contributed by atoms with Gasteiger partial charge in [-0.15, -0.1) is 0 Å². The van der Waals surface area contributed by atoms with Crippen LogP contribution in [0, 0.1) is 5.92 Å². The molecule has 1 aromatic carbocycles. The van der Waals surface area contributed by atoms with Crippen molar-refractivity contribution in [2.75, 3.05) is 13.1 Å². The van der Waals surface area contributed by atoms with Gasteiger partial charge < -0.3 is 0 Å². The minimum absolute atomic E-state index is 0.572. The Kier molecular flexibility index (Phi) is 5.08. The van der Waals surface area contributed by atoms with Crippen molar-refractivity contribution in [1.29, 1.82) is 0 Å². The fourth-order valence-corrected chi connectivity index (χ4v) is 2.98. The molecule has 0 aromatic heterocycles. The van der Waals surface area contributed by atoms with Crippen LogP contribution in [0.4, 0.5) is 0 Å². The minimum Gasteiger partial charge on any atom is -0.296 e. The third-order valence-corrected chi connectivity index (χ3v) is 4.03. The van der Waals surface area contributed by atoms with Crippen LogP contribution in [0.25, 0.3) is 0 Å². The molecule has 2 rings (SSSR count). The summed E-state index contributed by atoms with van der Waals surface area (Å²) in [4.78, 5) is 2.66. The first-order valence-corrected chi connectivity index (χ1v) is 7.54. The van der Waals surface area contributed by atoms with E-state index in [0.29, 0.717) is 6.04 Å². The second kappa shape index (κ2) is 6.58. The Morgan fingerprint density at radius 3 is 2.22 bits per heavy atom. The summed E-state index contributed by atoms with van der Waals surface area (Å²) in [5.74, 6) is 0.729. The molecule has 1 atom stereocenters. The van der Waals surface area contributed by atoms with E-state index in [4.69, 9.17) is 11.6 Å². The monoisotopic (exact) mass is 265 g/mol. The number of halogens is 1. The number of rotatable bonds is 4. The van der Waals surface area contributed by atoms with Gasteiger partial charge in [-0.1, -0.05) is 44.0 Å². The van der Waals surface area contributed by atoms with Gasteiger partial charge in [0.05, 0.1) is 0 Å². The van der Waals surface area contributed by atoms with Crippen LogP contribution in [0.5, 0.6) is 0 Å². The van der Waals surface area contributed by atoms with E-state index in [-0.39, 0.29) is 0 Å². The molecule has 1 aromatic rings. The lowest BCUT2D eigenvalue weighted by Crippen LogP contribution is -2.34. The molecule has 0 amide bonds. The van der Waals surface area contributed by atoms with Gasteiger partial charge in [-0.05, 0) is 56.0 Å². The first kappa shape index (κ1) is 13.9. The van der Waals surface area contributed by atoms with Crippen molar-refractivity contribution in [3.8, 4) is 0 Å². The number of benzene rings is 1. The molecule has 1 fully saturated rings. The van der Waals surface area contributed by atoms with Crippen molar-refractivity contribution in [2.45, 2.75) is 45.6 Å². The maximum Gasteiger partial charge on any atom is 0.0406 e. The predicted molar refractivity (Wildman–Crippen MR) is 79.1 cm³/mol. The molecule has 2 heteroatoms. The Hall–Kier alpha value is -0.530. The van der Waals surface area contributed by atoms with Crippen molar-refractivity contribution in [1.82, 2.24) is 4.90 Å². The van der Waals surface area contributed by atoms with E-state index in [2.05, 4.69) is 30.9 Å². The molecule has 0 bridgehead atoms. The highest BCUT2D eigenvalue weighted by Crippen LogP contribution is 2.30. The summed E-state index contributed by atoms with van der Waals surface area (Å²) in [6.45, 7) is 7.12. The summed E-state index contributed by atoms with van der Waals surface area (Å²) in [5.41, 5.74) is 1.43. The maximum atomic E-state index is 5.99. The van der Waals surface area contributed by atoms with Crippen LogP contribution in [-0.4, -0.2) is 18.0 Å². The number of piperidine rings is 1. The van der Waals surface area contributed by atoms with Gasteiger partial charge in [-0.3, -0.25) is 4.90 Å². The quantitative estimate of drug-likeness (QED) is 0.747. The Morgan fingerprint density at radius 2 is 1.67 bits per heavy atom. The van der Waals surface area contributed by atoms with Gasteiger partial charge in [-0.2, -0.15) is 0 Å². The molecule has 0 aliphatic carbocycles. The second-order valence-corrected chi connectivity index (χ2v) is 6.23. The molecular formula is C16H24ClN. The van der Waals surface area contributed by atoms with E-state index in [0.717, 1.165) is 10.9 Å². The fraction of sp³-hybridized carbons (Fsp3) is 0.625. The molecule has 0 spiro atoms. The summed E-state index contributed by atoms with van der Waals surface area (Å²) < 4.78 is 0. The summed E-state index contributed by atoms with van der Waals surface area (Å²) in [7, 11) is 0. The Labute approximate surface area is 116 Å². The smallest absolute Gasteiger partial charge is 0.0406 e. The first-order chi connectivity index (χ1) is 8.66. The van der Waals surface area contributed by atoms with Crippen LogP contribution in [0.1, 0.15) is 51.1 Å². The van der Waals surface area contributed by atoms with Gasteiger partial charge in [-0.25, -0.2) is 0 Å². The lowest BCUT2D eigenvalue weighted by molar-refractivity contribution is 0.145. The van der Waals surface area contributed by atoms with E-state index in [1.165, 1.54) is 44.3 Å². The standard InChI is InChI=1S/C16H24ClN/c1-13(2)12-16(18-10-4-3-5-11-18)14-6-8-15(17)9-7-14/h6-9,13,16H,3-5,10-12H2,1-2H3/t16-/m0/s1. The molecule has 1 aliphatic heterocycles. The largest absolute Gasteiger partial charge is 0.296 e. The third kappa shape index (κ3) is 3.73. The van der Waals surface area contributed by atoms with Gasteiger partial charge in [0.25, 0.3) is 0 Å². The highest BCUT2D eigenvalue weighted by Gasteiger charge is 2.22. The number of hydrogen-bond acceptors (Lipinski definition) is 1. The zero-order chi connectivity index (χ0) is 13.0. The summed E-state index contributed by atoms with van der Waals surface area (Å²) in [5, 5.41) is 0.834. The molecule has 1 saturated heterocycles. The van der Waals surface area contributed by atoms with E-state index >= 15 is 0 Å². The molecule has 18 heavy (non-hydrogen) atoms. The van der Waals surface area contributed by atoms with Crippen LogP contribution < -0.4 is 0 Å².